The van der Waals surface area contributed by atoms with Crippen LogP contribution in [0.1, 0.15) is 26.3 Å². The van der Waals surface area contributed by atoms with Crippen molar-refractivity contribution >= 4 is 27.7 Å². The molecule has 0 N–H and O–H groups in total. The van der Waals surface area contributed by atoms with Crippen LogP contribution in [0.15, 0.2) is 22.7 Å². The predicted molar refractivity (Wildman–Crippen MR) is 66.5 cm³/mol. The van der Waals surface area contributed by atoms with E-state index in [1.807, 2.05) is 39.8 Å². The minimum Gasteiger partial charge on any atom is -0.530 e. The fraction of sp³-hybridized carbons (Fsp3) is 0.417. The topological polar surface area (TPSA) is 43.4 Å². The summed E-state index contributed by atoms with van der Waals surface area (Å²) >= 11 is 3.35. The summed E-state index contributed by atoms with van der Waals surface area (Å²) in [6.45, 7) is 7.39. The molecule has 0 aliphatic carbocycles. The van der Waals surface area contributed by atoms with E-state index in [0.29, 0.717) is 5.69 Å². The smallest absolute Gasteiger partial charge is 0.142 e. The van der Waals surface area contributed by atoms with Gasteiger partial charge in [0.1, 0.15) is 6.09 Å². The Morgan fingerprint density at radius 1 is 1.38 bits per heavy atom. The molecule has 0 spiro atoms. The molecule has 1 amide bonds. The number of benzene rings is 1. The van der Waals surface area contributed by atoms with E-state index in [4.69, 9.17) is 0 Å². The van der Waals surface area contributed by atoms with Crippen LogP contribution in [0.4, 0.5) is 10.5 Å². The molecule has 0 unspecified atom stereocenters. The molecule has 0 aromatic heterocycles. The number of carbonyl (C=O) groups is 1. The van der Waals surface area contributed by atoms with Crippen LogP contribution in [0, 0.1) is 6.92 Å². The van der Waals surface area contributed by atoms with Gasteiger partial charge in [0.2, 0.25) is 0 Å². The molecule has 0 aliphatic heterocycles. The summed E-state index contributed by atoms with van der Waals surface area (Å²) in [6, 6.07) is 5.49. The fourth-order valence-electron chi connectivity index (χ4n) is 1.60. The van der Waals surface area contributed by atoms with Crippen LogP contribution in [0.25, 0.3) is 0 Å². The van der Waals surface area contributed by atoms with Crippen molar-refractivity contribution in [2.75, 3.05) is 4.90 Å². The van der Waals surface area contributed by atoms with Gasteiger partial charge in [-0.1, -0.05) is 15.9 Å². The molecule has 0 fully saturated rings. The molecule has 4 heteroatoms. The minimum atomic E-state index is -1.18. The Hall–Kier alpha value is -1.03. The minimum absolute atomic E-state index is 0.516. The van der Waals surface area contributed by atoms with Gasteiger partial charge in [-0.25, -0.2) is 0 Å². The van der Waals surface area contributed by atoms with Gasteiger partial charge in [0.25, 0.3) is 0 Å². The number of anilines is 1. The lowest BCUT2D eigenvalue weighted by molar-refractivity contribution is -0.247. The summed E-state index contributed by atoms with van der Waals surface area (Å²) in [5.74, 6) is 0. The van der Waals surface area contributed by atoms with Gasteiger partial charge in [-0.05, 0) is 51.5 Å². The molecular weight excluding hydrogens is 270 g/mol. The molecule has 0 bridgehead atoms. The standard InChI is InChI=1S/C12H16BrNO2/c1-8-7-9(13)5-6-10(8)14(11(15)16)12(2,3)4/h5-7H,1-4H3,(H,15,16)/p-1. The van der Waals surface area contributed by atoms with Gasteiger partial charge in [-0.2, -0.15) is 0 Å². The van der Waals surface area contributed by atoms with E-state index in [0.717, 1.165) is 10.0 Å². The third kappa shape index (κ3) is 2.76. The first-order chi connectivity index (χ1) is 7.23. The van der Waals surface area contributed by atoms with Crippen molar-refractivity contribution in [2.24, 2.45) is 0 Å². The first kappa shape index (κ1) is 13.0. The maximum atomic E-state index is 11.2. The molecule has 88 valence electrons. The molecule has 0 saturated heterocycles. The normalized spacial score (nSPS) is 11.3. The number of halogens is 1. The van der Waals surface area contributed by atoms with Gasteiger partial charge < -0.3 is 14.8 Å². The molecule has 16 heavy (non-hydrogen) atoms. The summed E-state index contributed by atoms with van der Waals surface area (Å²) in [5.41, 5.74) is 1.04. The number of aryl methyl sites for hydroxylation is 1. The Kier molecular flexibility index (Phi) is 3.63. The zero-order valence-electron chi connectivity index (χ0n) is 9.87. The van der Waals surface area contributed by atoms with Crippen molar-refractivity contribution in [3.05, 3.63) is 28.2 Å². The lowest BCUT2D eigenvalue weighted by Gasteiger charge is -2.38. The van der Waals surface area contributed by atoms with E-state index < -0.39 is 11.6 Å². The summed E-state index contributed by atoms with van der Waals surface area (Å²) in [6.07, 6.45) is -1.18. The number of amides is 1. The quantitative estimate of drug-likeness (QED) is 0.796. The molecule has 0 aliphatic rings. The second kappa shape index (κ2) is 4.45. The zero-order valence-corrected chi connectivity index (χ0v) is 11.5. The summed E-state index contributed by atoms with van der Waals surface area (Å²) < 4.78 is 0.931. The van der Waals surface area contributed by atoms with Crippen molar-refractivity contribution in [3.8, 4) is 0 Å². The third-order valence-electron chi connectivity index (χ3n) is 2.25. The monoisotopic (exact) mass is 284 g/mol. The van der Waals surface area contributed by atoms with E-state index in [1.165, 1.54) is 4.90 Å². The van der Waals surface area contributed by atoms with E-state index in [-0.39, 0.29) is 0 Å². The van der Waals surface area contributed by atoms with Gasteiger partial charge >= 0.3 is 0 Å². The third-order valence-corrected chi connectivity index (χ3v) is 2.75. The highest BCUT2D eigenvalue weighted by Gasteiger charge is 2.24. The van der Waals surface area contributed by atoms with Crippen LogP contribution in [0.5, 0.6) is 0 Å². The van der Waals surface area contributed by atoms with Crippen LogP contribution in [0.2, 0.25) is 0 Å². The zero-order chi connectivity index (χ0) is 12.5. The molecule has 1 rings (SSSR count). The largest absolute Gasteiger partial charge is 0.530 e. The SMILES string of the molecule is Cc1cc(Br)ccc1N(C(=O)[O-])C(C)(C)C. The lowest BCUT2D eigenvalue weighted by atomic mass is 10.0. The maximum Gasteiger partial charge on any atom is 0.142 e. The number of rotatable bonds is 1. The van der Waals surface area contributed by atoms with E-state index in [1.54, 1.807) is 6.07 Å². The van der Waals surface area contributed by atoms with E-state index in [2.05, 4.69) is 15.9 Å². The van der Waals surface area contributed by atoms with E-state index in [9.17, 15) is 9.90 Å². The molecule has 0 heterocycles. The Bertz CT molecular complexity index is 410. The molecule has 0 radical (unpaired) electrons. The van der Waals surface area contributed by atoms with Crippen molar-refractivity contribution in [1.82, 2.24) is 0 Å². The molecule has 1 aromatic rings. The highest BCUT2D eigenvalue weighted by atomic mass is 79.9. The number of carbonyl (C=O) groups excluding carboxylic acids is 1. The molecule has 1 aromatic carbocycles. The number of carboxylic acid groups (broad SMARTS) is 1. The second-order valence-electron chi connectivity index (χ2n) is 4.70. The highest BCUT2D eigenvalue weighted by molar-refractivity contribution is 9.10. The van der Waals surface area contributed by atoms with Gasteiger partial charge in [-0.3, -0.25) is 0 Å². The van der Waals surface area contributed by atoms with Gasteiger partial charge in [0.05, 0.1) is 0 Å². The second-order valence-corrected chi connectivity index (χ2v) is 5.62. The maximum absolute atomic E-state index is 11.2. The van der Waals surface area contributed by atoms with Crippen LogP contribution in [-0.2, 0) is 0 Å². The summed E-state index contributed by atoms with van der Waals surface area (Å²) in [7, 11) is 0. The van der Waals surface area contributed by atoms with Gasteiger partial charge in [0, 0.05) is 15.7 Å². The Balaban J connectivity index is 3.28. The van der Waals surface area contributed by atoms with Crippen molar-refractivity contribution in [1.29, 1.82) is 0 Å². The van der Waals surface area contributed by atoms with Crippen molar-refractivity contribution < 1.29 is 9.90 Å². The first-order valence-corrected chi connectivity index (χ1v) is 5.80. The average Bonchev–Trinajstić information content (AvgIpc) is 2.06. The van der Waals surface area contributed by atoms with Crippen LogP contribution in [-0.4, -0.2) is 11.6 Å². The Labute approximate surface area is 104 Å². The van der Waals surface area contributed by atoms with Crippen LogP contribution < -0.4 is 10.0 Å². The van der Waals surface area contributed by atoms with Gasteiger partial charge in [-0.15, -0.1) is 0 Å². The van der Waals surface area contributed by atoms with Crippen molar-refractivity contribution in [2.45, 2.75) is 33.2 Å². The molecular formula is C12H15BrNO2-. The Morgan fingerprint density at radius 3 is 2.31 bits per heavy atom. The number of hydrogen-bond acceptors (Lipinski definition) is 2. The van der Waals surface area contributed by atoms with Gasteiger partial charge in [0.15, 0.2) is 0 Å². The Morgan fingerprint density at radius 2 is 1.94 bits per heavy atom. The first-order valence-electron chi connectivity index (χ1n) is 5.01. The van der Waals surface area contributed by atoms with Crippen LogP contribution >= 0.6 is 15.9 Å². The molecule has 0 atom stereocenters. The molecule has 0 saturated carbocycles. The molecule has 3 nitrogen and oxygen atoms in total. The lowest BCUT2D eigenvalue weighted by Crippen LogP contribution is -2.52. The fourth-order valence-corrected chi connectivity index (χ4v) is 2.08. The van der Waals surface area contributed by atoms with Crippen LogP contribution in [0.3, 0.4) is 0 Å². The predicted octanol–water partition coefficient (Wildman–Crippen LogP) is 2.71. The average molecular weight is 285 g/mol. The van der Waals surface area contributed by atoms with E-state index >= 15 is 0 Å². The number of nitrogens with zero attached hydrogens (tertiary/aromatic N) is 1. The summed E-state index contributed by atoms with van der Waals surface area (Å²) in [4.78, 5) is 12.5. The van der Waals surface area contributed by atoms with Crippen molar-refractivity contribution in [3.63, 3.8) is 0 Å². The highest BCUT2D eigenvalue weighted by Crippen LogP contribution is 2.28. The number of hydrogen-bond donors (Lipinski definition) is 0. The summed E-state index contributed by atoms with van der Waals surface area (Å²) in [5, 5.41) is 11.2.